The predicted molar refractivity (Wildman–Crippen MR) is 61.3 cm³/mol. The molecule has 2 N–H and O–H groups in total. The smallest absolute Gasteiger partial charge is 0.0446 e. The van der Waals surface area contributed by atoms with Crippen molar-refractivity contribution in [1.82, 2.24) is 5.32 Å². The molecule has 80 valence electrons. The second-order valence-corrected chi connectivity index (χ2v) is 4.77. The third-order valence-electron chi connectivity index (χ3n) is 2.34. The minimum atomic E-state index is 0.281. The van der Waals surface area contributed by atoms with Gasteiger partial charge in [-0.2, -0.15) is 11.8 Å². The Hall–Kier alpha value is 0.270. The van der Waals surface area contributed by atoms with Crippen molar-refractivity contribution in [3.05, 3.63) is 0 Å². The van der Waals surface area contributed by atoms with Crippen molar-refractivity contribution in [3.8, 4) is 0 Å². The first-order valence-corrected chi connectivity index (χ1v) is 6.37. The molecule has 3 heteroatoms. The monoisotopic (exact) mass is 205 g/mol. The Balaban J connectivity index is 3.78. The van der Waals surface area contributed by atoms with E-state index < -0.39 is 0 Å². The second kappa shape index (κ2) is 7.65. The predicted octanol–water partition coefficient (Wildman–Crippen LogP) is 1.73. The summed E-state index contributed by atoms with van der Waals surface area (Å²) in [6, 6.07) is 0.987. The molecule has 0 aromatic carbocycles. The molecule has 0 saturated carbocycles. The largest absolute Gasteiger partial charge is 0.396 e. The van der Waals surface area contributed by atoms with Gasteiger partial charge < -0.3 is 10.4 Å². The highest BCUT2D eigenvalue weighted by atomic mass is 32.2. The number of aliphatic hydroxyl groups is 1. The van der Waals surface area contributed by atoms with Crippen LogP contribution in [0.2, 0.25) is 0 Å². The number of hydrogen-bond acceptors (Lipinski definition) is 3. The minimum Gasteiger partial charge on any atom is -0.396 e. The summed E-state index contributed by atoms with van der Waals surface area (Å²) in [7, 11) is 0. The molecule has 0 aliphatic carbocycles. The van der Waals surface area contributed by atoms with Crippen LogP contribution in [0.4, 0.5) is 0 Å². The molecule has 0 amide bonds. The van der Waals surface area contributed by atoms with Crippen LogP contribution in [-0.4, -0.2) is 35.8 Å². The van der Waals surface area contributed by atoms with Crippen LogP contribution in [0.1, 0.15) is 27.2 Å². The van der Waals surface area contributed by atoms with Crippen LogP contribution >= 0.6 is 11.8 Å². The molecule has 2 unspecified atom stereocenters. The van der Waals surface area contributed by atoms with Gasteiger partial charge in [-0.05, 0) is 25.5 Å². The molecule has 0 saturated heterocycles. The van der Waals surface area contributed by atoms with E-state index >= 15 is 0 Å². The van der Waals surface area contributed by atoms with Crippen molar-refractivity contribution in [1.29, 1.82) is 0 Å². The molecular weight excluding hydrogens is 182 g/mol. The van der Waals surface area contributed by atoms with E-state index in [2.05, 4.69) is 32.3 Å². The molecule has 0 bridgehead atoms. The van der Waals surface area contributed by atoms with Crippen LogP contribution < -0.4 is 5.32 Å². The molecule has 0 heterocycles. The van der Waals surface area contributed by atoms with Crippen LogP contribution in [0.3, 0.4) is 0 Å². The first-order chi connectivity index (χ1) is 6.11. The van der Waals surface area contributed by atoms with E-state index in [1.807, 2.05) is 11.8 Å². The van der Waals surface area contributed by atoms with Crippen LogP contribution in [0, 0.1) is 5.92 Å². The molecule has 0 radical (unpaired) electrons. The molecule has 2 nitrogen and oxygen atoms in total. The third kappa shape index (κ3) is 6.36. The van der Waals surface area contributed by atoms with E-state index in [1.54, 1.807) is 0 Å². The standard InChI is InChI=1S/C10H23NOS/c1-8(2)9(3)11-10(5-6-12)7-13-4/h8-12H,5-7H2,1-4H3. The number of nitrogens with one attached hydrogen (secondary N) is 1. The van der Waals surface area contributed by atoms with E-state index in [0.717, 1.165) is 12.2 Å². The molecule has 0 fully saturated rings. The Morgan fingerprint density at radius 3 is 2.31 bits per heavy atom. The van der Waals surface area contributed by atoms with Gasteiger partial charge in [-0.25, -0.2) is 0 Å². The summed E-state index contributed by atoms with van der Waals surface area (Å²) in [5.41, 5.74) is 0. The molecule has 0 aromatic rings. The zero-order chi connectivity index (χ0) is 10.3. The molecule has 13 heavy (non-hydrogen) atoms. The van der Waals surface area contributed by atoms with E-state index in [4.69, 9.17) is 5.11 Å². The Morgan fingerprint density at radius 1 is 1.31 bits per heavy atom. The lowest BCUT2D eigenvalue weighted by molar-refractivity contribution is 0.259. The summed E-state index contributed by atoms with van der Waals surface area (Å²) < 4.78 is 0. The maximum atomic E-state index is 8.87. The average molecular weight is 205 g/mol. The van der Waals surface area contributed by atoms with Crippen molar-refractivity contribution in [2.75, 3.05) is 18.6 Å². The number of rotatable bonds is 7. The zero-order valence-electron chi connectivity index (χ0n) is 9.21. The van der Waals surface area contributed by atoms with Gasteiger partial charge in [0.15, 0.2) is 0 Å². The Labute approximate surface area is 86.5 Å². The van der Waals surface area contributed by atoms with Gasteiger partial charge in [0, 0.05) is 24.4 Å². The Bertz CT molecular complexity index is 113. The van der Waals surface area contributed by atoms with E-state index in [0.29, 0.717) is 18.0 Å². The summed E-state index contributed by atoms with van der Waals surface area (Å²) in [6.07, 6.45) is 2.96. The summed E-state index contributed by atoms with van der Waals surface area (Å²) in [5.74, 6) is 1.74. The maximum absolute atomic E-state index is 8.87. The third-order valence-corrected chi connectivity index (χ3v) is 3.08. The van der Waals surface area contributed by atoms with E-state index in [1.165, 1.54) is 0 Å². The molecule has 0 aliphatic heterocycles. The summed E-state index contributed by atoms with van der Waals surface area (Å²) in [5, 5.41) is 12.4. The van der Waals surface area contributed by atoms with Crippen molar-refractivity contribution in [2.45, 2.75) is 39.3 Å². The highest BCUT2D eigenvalue weighted by Gasteiger charge is 2.13. The Morgan fingerprint density at radius 2 is 1.92 bits per heavy atom. The van der Waals surface area contributed by atoms with Gasteiger partial charge in [0.05, 0.1) is 0 Å². The SMILES string of the molecule is CSCC(CCO)NC(C)C(C)C. The van der Waals surface area contributed by atoms with Gasteiger partial charge in [0.2, 0.25) is 0 Å². The van der Waals surface area contributed by atoms with Crippen molar-refractivity contribution >= 4 is 11.8 Å². The fraction of sp³-hybridized carbons (Fsp3) is 1.00. The van der Waals surface area contributed by atoms with E-state index in [-0.39, 0.29) is 6.61 Å². The van der Waals surface area contributed by atoms with Crippen LogP contribution in [0.25, 0.3) is 0 Å². The minimum absolute atomic E-state index is 0.281. The van der Waals surface area contributed by atoms with Crippen molar-refractivity contribution in [2.24, 2.45) is 5.92 Å². The molecule has 2 atom stereocenters. The average Bonchev–Trinajstić information content (AvgIpc) is 2.05. The lowest BCUT2D eigenvalue weighted by Crippen LogP contribution is -2.41. The summed E-state index contributed by atoms with van der Waals surface area (Å²) in [6.45, 7) is 6.91. The maximum Gasteiger partial charge on any atom is 0.0446 e. The van der Waals surface area contributed by atoms with Crippen LogP contribution in [0.15, 0.2) is 0 Å². The normalized spacial score (nSPS) is 16.2. The van der Waals surface area contributed by atoms with Gasteiger partial charge in [-0.3, -0.25) is 0 Å². The molecule has 0 spiro atoms. The van der Waals surface area contributed by atoms with Crippen molar-refractivity contribution < 1.29 is 5.11 Å². The number of aliphatic hydroxyl groups excluding tert-OH is 1. The second-order valence-electron chi connectivity index (χ2n) is 3.86. The topological polar surface area (TPSA) is 32.3 Å². The zero-order valence-corrected chi connectivity index (χ0v) is 10.0. The highest BCUT2D eigenvalue weighted by Crippen LogP contribution is 2.06. The number of hydrogen-bond donors (Lipinski definition) is 2. The fourth-order valence-electron chi connectivity index (χ4n) is 1.14. The van der Waals surface area contributed by atoms with Gasteiger partial charge in [-0.15, -0.1) is 0 Å². The van der Waals surface area contributed by atoms with E-state index in [9.17, 15) is 0 Å². The van der Waals surface area contributed by atoms with Gasteiger partial charge >= 0.3 is 0 Å². The highest BCUT2D eigenvalue weighted by molar-refractivity contribution is 7.98. The van der Waals surface area contributed by atoms with Crippen molar-refractivity contribution in [3.63, 3.8) is 0 Å². The summed E-state index contributed by atoms with van der Waals surface area (Å²) in [4.78, 5) is 0. The van der Waals surface area contributed by atoms with Gasteiger partial charge in [0.1, 0.15) is 0 Å². The fourth-order valence-corrected chi connectivity index (χ4v) is 1.80. The molecule has 0 rings (SSSR count). The first-order valence-electron chi connectivity index (χ1n) is 4.97. The van der Waals surface area contributed by atoms with Crippen LogP contribution in [0.5, 0.6) is 0 Å². The lowest BCUT2D eigenvalue weighted by Gasteiger charge is -2.24. The Kier molecular flexibility index (Phi) is 7.81. The van der Waals surface area contributed by atoms with Crippen LogP contribution in [-0.2, 0) is 0 Å². The van der Waals surface area contributed by atoms with Gasteiger partial charge in [0.25, 0.3) is 0 Å². The summed E-state index contributed by atoms with van der Waals surface area (Å²) >= 11 is 1.83. The molecule has 0 aromatic heterocycles. The first kappa shape index (κ1) is 13.3. The lowest BCUT2D eigenvalue weighted by atomic mass is 10.1. The van der Waals surface area contributed by atoms with Gasteiger partial charge in [-0.1, -0.05) is 13.8 Å². The number of thioether (sulfide) groups is 1. The molecular formula is C10H23NOS. The quantitative estimate of drug-likeness (QED) is 0.664. The molecule has 0 aliphatic rings.